The van der Waals surface area contributed by atoms with E-state index in [1.54, 1.807) is 0 Å². The Bertz CT molecular complexity index is 831. The molecule has 4 nitrogen and oxygen atoms in total. The first kappa shape index (κ1) is 24.3. The van der Waals surface area contributed by atoms with Crippen LogP contribution in [0.5, 0.6) is 0 Å². The number of hydrogen-bond donors (Lipinski definition) is 4. The summed E-state index contributed by atoms with van der Waals surface area (Å²) in [6, 6.07) is 0. The number of aliphatic hydroxyl groups excluding tert-OH is 4. The van der Waals surface area contributed by atoms with Gasteiger partial charge in [-0.2, -0.15) is 0 Å². The third kappa shape index (κ3) is 3.02. The fourth-order valence-electron chi connectivity index (χ4n) is 10.5. The predicted octanol–water partition coefficient (Wildman–Crippen LogP) is 4.69. The third-order valence-corrected chi connectivity index (χ3v) is 12.3. The molecule has 0 aromatic rings. The van der Waals surface area contributed by atoms with E-state index in [1.165, 1.54) is 5.57 Å². The molecule has 188 valence electrons. The summed E-state index contributed by atoms with van der Waals surface area (Å²) in [6.07, 6.45) is 8.41. The van der Waals surface area contributed by atoms with Crippen molar-refractivity contribution in [2.24, 2.45) is 50.7 Å². The van der Waals surface area contributed by atoms with E-state index >= 15 is 0 Å². The molecule has 5 aliphatic rings. The Morgan fingerprint density at radius 1 is 0.818 bits per heavy atom. The van der Waals surface area contributed by atoms with Crippen molar-refractivity contribution >= 4 is 0 Å². The van der Waals surface area contributed by atoms with Gasteiger partial charge < -0.3 is 20.4 Å². The molecule has 4 saturated carbocycles. The van der Waals surface area contributed by atoms with E-state index in [9.17, 15) is 20.4 Å². The van der Waals surface area contributed by atoms with Gasteiger partial charge in [0.1, 0.15) is 0 Å². The van der Waals surface area contributed by atoms with E-state index in [1.807, 2.05) is 0 Å². The van der Waals surface area contributed by atoms with Gasteiger partial charge in [-0.3, -0.25) is 0 Å². The summed E-state index contributed by atoms with van der Waals surface area (Å²) in [5, 5.41) is 44.3. The zero-order chi connectivity index (χ0) is 24.2. The molecule has 0 amide bonds. The molecule has 4 N–H and O–H groups in total. The molecular weight excluding hydrogens is 412 g/mol. The molecule has 0 radical (unpaired) electrons. The molecule has 5 rings (SSSR count). The van der Waals surface area contributed by atoms with Gasteiger partial charge in [0.05, 0.1) is 30.3 Å². The van der Waals surface area contributed by atoms with Crippen molar-refractivity contribution in [3.05, 3.63) is 11.6 Å². The van der Waals surface area contributed by atoms with Gasteiger partial charge in [-0.25, -0.2) is 0 Å². The molecular formula is C29H48O4. The minimum atomic E-state index is -0.828. The molecule has 10 atom stereocenters. The monoisotopic (exact) mass is 460 g/mol. The standard InChI is InChI=1S/C29H48O4/c1-25(2)13-20-19-8-7-17-18(9-10-21-26(3,4)22(31)11-12-27(17,21)5)28(19,6)15-24(33)29(20,16-30)23(32)14-25/h8,17-18,20-24,30-33H,7,9-16H2,1-6H3. The average molecular weight is 461 g/mol. The molecule has 0 saturated heterocycles. The van der Waals surface area contributed by atoms with Crippen molar-refractivity contribution in [3.8, 4) is 0 Å². The molecule has 0 heterocycles. The molecule has 10 unspecified atom stereocenters. The normalized spacial score (nSPS) is 54.8. The topological polar surface area (TPSA) is 80.9 Å². The molecule has 0 aromatic carbocycles. The zero-order valence-corrected chi connectivity index (χ0v) is 21.8. The van der Waals surface area contributed by atoms with Crippen molar-refractivity contribution in [3.63, 3.8) is 0 Å². The van der Waals surface area contributed by atoms with Gasteiger partial charge in [-0.1, -0.05) is 53.2 Å². The van der Waals surface area contributed by atoms with E-state index in [-0.39, 0.29) is 40.3 Å². The van der Waals surface area contributed by atoms with Crippen LogP contribution in [0.4, 0.5) is 0 Å². The van der Waals surface area contributed by atoms with E-state index in [0.29, 0.717) is 30.6 Å². The highest BCUT2D eigenvalue weighted by Crippen LogP contribution is 2.71. The summed E-state index contributed by atoms with van der Waals surface area (Å²) in [5.41, 5.74) is 0.647. The Morgan fingerprint density at radius 3 is 2.15 bits per heavy atom. The van der Waals surface area contributed by atoms with Crippen molar-refractivity contribution in [1.29, 1.82) is 0 Å². The number of hydrogen-bond acceptors (Lipinski definition) is 4. The maximum Gasteiger partial charge on any atom is 0.0657 e. The van der Waals surface area contributed by atoms with Crippen LogP contribution >= 0.6 is 0 Å². The SMILES string of the molecule is CC1(C)CC(O)C2(CO)C(O)CC3(C)C(=CCC4C3CCC3C(C)(C)C(O)CCC43C)C2C1. The highest BCUT2D eigenvalue weighted by atomic mass is 16.3. The van der Waals surface area contributed by atoms with Gasteiger partial charge in [-0.15, -0.1) is 0 Å². The summed E-state index contributed by atoms with van der Waals surface area (Å²) in [4.78, 5) is 0. The van der Waals surface area contributed by atoms with Gasteiger partial charge in [0.15, 0.2) is 0 Å². The van der Waals surface area contributed by atoms with Crippen LogP contribution in [0.15, 0.2) is 11.6 Å². The van der Waals surface area contributed by atoms with Crippen LogP contribution < -0.4 is 0 Å². The van der Waals surface area contributed by atoms with Gasteiger partial charge in [-0.05, 0) is 96.7 Å². The lowest BCUT2D eigenvalue weighted by Crippen LogP contribution is -2.66. The lowest BCUT2D eigenvalue weighted by molar-refractivity contribution is -0.214. The predicted molar refractivity (Wildman–Crippen MR) is 130 cm³/mol. The van der Waals surface area contributed by atoms with Crippen LogP contribution in [0.3, 0.4) is 0 Å². The smallest absolute Gasteiger partial charge is 0.0657 e. The molecule has 0 aliphatic heterocycles. The van der Waals surface area contributed by atoms with Gasteiger partial charge in [0.25, 0.3) is 0 Å². The fraction of sp³-hybridized carbons (Fsp3) is 0.931. The summed E-state index contributed by atoms with van der Waals surface area (Å²) in [5.74, 6) is 1.63. The molecule has 4 fully saturated rings. The lowest BCUT2D eigenvalue weighted by Gasteiger charge is -2.68. The van der Waals surface area contributed by atoms with Gasteiger partial charge >= 0.3 is 0 Å². The highest BCUT2D eigenvalue weighted by Gasteiger charge is 2.67. The Labute approximate surface area is 200 Å². The Morgan fingerprint density at radius 2 is 1.48 bits per heavy atom. The molecule has 0 bridgehead atoms. The van der Waals surface area contributed by atoms with Gasteiger partial charge in [0.2, 0.25) is 0 Å². The highest BCUT2D eigenvalue weighted by molar-refractivity contribution is 5.33. The van der Waals surface area contributed by atoms with Crippen LogP contribution in [0.1, 0.15) is 92.9 Å². The van der Waals surface area contributed by atoms with E-state index in [0.717, 1.165) is 38.5 Å². The second-order valence-corrected chi connectivity index (χ2v) is 14.7. The minimum absolute atomic E-state index is 0.00835. The van der Waals surface area contributed by atoms with E-state index in [4.69, 9.17) is 0 Å². The van der Waals surface area contributed by atoms with E-state index in [2.05, 4.69) is 47.6 Å². The van der Waals surface area contributed by atoms with Crippen molar-refractivity contribution < 1.29 is 20.4 Å². The third-order valence-electron chi connectivity index (χ3n) is 12.3. The zero-order valence-electron chi connectivity index (χ0n) is 21.8. The summed E-state index contributed by atoms with van der Waals surface area (Å²) in [6.45, 7) is 13.7. The number of rotatable bonds is 1. The average Bonchev–Trinajstić information content (AvgIpc) is 2.70. The van der Waals surface area contributed by atoms with Crippen LogP contribution in [0, 0.1) is 50.7 Å². The van der Waals surface area contributed by atoms with E-state index < -0.39 is 17.6 Å². The Hall–Kier alpha value is -0.420. The summed E-state index contributed by atoms with van der Waals surface area (Å²) < 4.78 is 0. The molecule has 5 aliphatic carbocycles. The molecule has 0 spiro atoms. The number of aliphatic hydroxyl groups is 4. The first-order valence-electron chi connectivity index (χ1n) is 13.6. The fourth-order valence-corrected chi connectivity index (χ4v) is 10.5. The van der Waals surface area contributed by atoms with Crippen molar-refractivity contribution in [1.82, 2.24) is 0 Å². The van der Waals surface area contributed by atoms with Crippen LogP contribution in [-0.4, -0.2) is 45.3 Å². The largest absolute Gasteiger partial charge is 0.396 e. The van der Waals surface area contributed by atoms with Gasteiger partial charge in [0, 0.05) is 0 Å². The molecule has 0 aromatic heterocycles. The van der Waals surface area contributed by atoms with Crippen LogP contribution in [0.25, 0.3) is 0 Å². The lowest BCUT2D eigenvalue weighted by atomic mass is 9.37. The summed E-state index contributed by atoms with van der Waals surface area (Å²) >= 11 is 0. The number of fused-ring (bicyclic) bond motifs is 7. The molecule has 33 heavy (non-hydrogen) atoms. The Balaban J connectivity index is 1.58. The maximum absolute atomic E-state index is 11.6. The minimum Gasteiger partial charge on any atom is -0.396 e. The second-order valence-electron chi connectivity index (χ2n) is 14.7. The second kappa shape index (κ2) is 7.31. The first-order chi connectivity index (χ1) is 15.2. The molecule has 4 heteroatoms. The maximum atomic E-state index is 11.6. The summed E-state index contributed by atoms with van der Waals surface area (Å²) in [7, 11) is 0. The first-order valence-corrected chi connectivity index (χ1v) is 13.6. The number of allylic oxidation sites excluding steroid dienone is 2. The van der Waals surface area contributed by atoms with Crippen LogP contribution in [-0.2, 0) is 0 Å². The van der Waals surface area contributed by atoms with Crippen molar-refractivity contribution in [2.75, 3.05) is 6.61 Å². The van der Waals surface area contributed by atoms with Crippen molar-refractivity contribution in [2.45, 2.75) is 111 Å². The van der Waals surface area contributed by atoms with Crippen LogP contribution in [0.2, 0.25) is 0 Å². The quantitative estimate of drug-likeness (QED) is 0.428. The Kier molecular flexibility index (Phi) is 5.38.